The summed E-state index contributed by atoms with van der Waals surface area (Å²) >= 11 is 0. The van der Waals surface area contributed by atoms with Crippen molar-refractivity contribution in [1.29, 1.82) is 0 Å². The molecule has 7 nitrogen and oxygen atoms in total. The van der Waals surface area contributed by atoms with Crippen molar-refractivity contribution in [3.8, 4) is 11.5 Å². The van der Waals surface area contributed by atoms with Gasteiger partial charge in [0.2, 0.25) is 5.96 Å². The molecule has 0 bridgehead atoms. The quantitative estimate of drug-likeness (QED) is 0.577. The number of methoxy groups -OCH3 is 2. The van der Waals surface area contributed by atoms with Crippen molar-refractivity contribution in [1.82, 2.24) is 5.32 Å². The Morgan fingerprint density at radius 2 is 1.90 bits per heavy atom. The monoisotopic (exact) mass is 397 g/mol. The summed E-state index contributed by atoms with van der Waals surface area (Å²) in [5.74, 6) is 1.34. The molecule has 0 spiro atoms. The number of carbonyl (C=O) groups is 1. The highest BCUT2D eigenvalue weighted by Crippen LogP contribution is 2.29. The van der Waals surface area contributed by atoms with Gasteiger partial charge in [0.05, 0.1) is 26.9 Å². The molecule has 1 amide bonds. The van der Waals surface area contributed by atoms with Crippen molar-refractivity contribution in [2.45, 2.75) is 25.9 Å². The molecule has 1 fully saturated rings. The predicted octanol–water partition coefficient (Wildman–Crippen LogP) is 3.39. The van der Waals surface area contributed by atoms with Crippen LogP contribution in [-0.2, 0) is 4.74 Å². The molecule has 1 atom stereocenters. The third-order valence-corrected chi connectivity index (χ3v) is 4.67. The average Bonchev–Trinajstić information content (AvgIpc) is 3.26. The Kier molecular flexibility index (Phi) is 7.08. The number of carbonyl (C=O) groups excluding carboxylic acids is 1. The Bertz CT molecular complexity index is 859. The van der Waals surface area contributed by atoms with E-state index in [-0.39, 0.29) is 12.0 Å². The number of rotatable bonds is 6. The van der Waals surface area contributed by atoms with Crippen molar-refractivity contribution in [2.75, 3.05) is 32.7 Å². The molecule has 2 N–H and O–H groups in total. The fourth-order valence-corrected chi connectivity index (χ4v) is 3.03. The normalized spacial score (nSPS) is 16.4. The summed E-state index contributed by atoms with van der Waals surface area (Å²) in [6.45, 7) is 3.22. The second kappa shape index (κ2) is 9.93. The number of anilines is 1. The zero-order valence-corrected chi connectivity index (χ0v) is 17.0. The van der Waals surface area contributed by atoms with Gasteiger partial charge in [0.1, 0.15) is 0 Å². The van der Waals surface area contributed by atoms with Gasteiger partial charge >= 0.3 is 0 Å². The minimum absolute atomic E-state index is 0.0773. The van der Waals surface area contributed by atoms with Crippen LogP contribution < -0.4 is 20.1 Å². The zero-order valence-electron chi connectivity index (χ0n) is 17.0. The van der Waals surface area contributed by atoms with Gasteiger partial charge in [-0.15, -0.1) is 0 Å². The molecular formula is C22H27N3O4. The summed E-state index contributed by atoms with van der Waals surface area (Å²) in [5.41, 5.74) is 2.38. The molecule has 1 aliphatic rings. The summed E-state index contributed by atoms with van der Waals surface area (Å²) in [5, 5.41) is 6.03. The summed E-state index contributed by atoms with van der Waals surface area (Å²) < 4.78 is 16.3. The molecule has 154 valence electrons. The first kappa shape index (κ1) is 20.7. The lowest BCUT2D eigenvalue weighted by Crippen LogP contribution is -2.36. The van der Waals surface area contributed by atoms with Crippen LogP contribution in [0, 0.1) is 6.92 Å². The Morgan fingerprint density at radius 3 is 2.55 bits per heavy atom. The van der Waals surface area contributed by atoms with E-state index in [1.54, 1.807) is 38.5 Å². The topological polar surface area (TPSA) is 81.2 Å². The first-order valence-corrected chi connectivity index (χ1v) is 9.62. The smallest absolute Gasteiger partial charge is 0.257 e. The fourth-order valence-electron chi connectivity index (χ4n) is 3.03. The lowest BCUT2D eigenvalue weighted by atomic mass is 10.1. The molecule has 1 aliphatic heterocycles. The summed E-state index contributed by atoms with van der Waals surface area (Å²) in [6.07, 6.45) is 2.08. The minimum atomic E-state index is -0.232. The standard InChI is InChI=1S/C22H27N3O4/c1-15-6-8-16(9-7-15)21(26)25-22(23-14-18-5-4-12-29-18)24-17-10-11-19(27-2)20(13-17)28-3/h6-11,13,18H,4-5,12,14H2,1-3H3,(H2,23,24,25,26)/t18-/m1/s1. The van der Waals surface area contributed by atoms with Crippen LogP contribution in [0.1, 0.15) is 28.8 Å². The van der Waals surface area contributed by atoms with Crippen LogP contribution in [0.4, 0.5) is 5.69 Å². The summed E-state index contributed by atoms with van der Waals surface area (Å²) in [6, 6.07) is 12.8. The van der Waals surface area contributed by atoms with Crippen LogP contribution >= 0.6 is 0 Å². The zero-order chi connectivity index (χ0) is 20.6. The van der Waals surface area contributed by atoms with Crippen molar-refractivity contribution in [3.63, 3.8) is 0 Å². The van der Waals surface area contributed by atoms with Gasteiger partial charge in [0.15, 0.2) is 11.5 Å². The Labute approximate surface area is 171 Å². The number of nitrogens with one attached hydrogen (secondary N) is 2. The number of aryl methyl sites for hydroxylation is 1. The second-order valence-corrected chi connectivity index (χ2v) is 6.84. The van der Waals surface area contributed by atoms with Crippen molar-refractivity contribution in [3.05, 3.63) is 53.6 Å². The van der Waals surface area contributed by atoms with Crippen LogP contribution in [0.2, 0.25) is 0 Å². The van der Waals surface area contributed by atoms with Gasteiger partial charge in [-0.25, -0.2) is 4.99 Å². The number of amides is 1. The number of hydrogen-bond acceptors (Lipinski definition) is 5. The highest BCUT2D eigenvalue weighted by molar-refractivity contribution is 6.10. The van der Waals surface area contributed by atoms with Crippen molar-refractivity contribution in [2.24, 2.45) is 4.99 Å². The van der Waals surface area contributed by atoms with E-state index in [9.17, 15) is 4.79 Å². The number of nitrogens with zero attached hydrogens (tertiary/aromatic N) is 1. The van der Waals surface area contributed by atoms with Gasteiger partial charge in [-0.1, -0.05) is 17.7 Å². The molecule has 1 saturated heterocycles. The molecule has 0 aromatic heterocycles. The van der Waals surface area contributed by atoms with E-state index in [1.807, 2.05) is 25.1 Å². The first-order valence-electron chi connectivity index (χ1n) is 9.62. The average molecular weight is 397 g/mol. The lowest BCUT2D eigenvalue weighted by Gasteiger charge is -2.15. The number of aliphatic imine (C=N–C) groups is 1. The largest absolute Gasteiger partial charge is 0.493 e. The number of guanidine groups is 1. The third-order valence-electron chi connectivity index (χ3n) is 4.67. The first-order chi connectivity index (χ1) is 14.1. The molecule has 0 saturated carbocycles. The molecule has 29 heavy (non-hydrogen) atoms. The van der Waals surface area contributed by atoms with Gasteiger partial charge in [0.25, 0.3) is 5.91 Å². The van der Waals surface area contributed by atoms with Crippen molar-refractivity contribution < 1.29 is 19.0 Å². The molecule has 0 radical (unpaired) electrons. The molecule has 2 aromatic carbocycles. The van der Waals surface area contributed by atoms with Gasteiger partial charge < -0.3 is 19.5 Å². The summed E-state index contributed by atoms with van der Waals surface area (Å²) in [7, 11) is 3.16. The van der Waals surface area contributed by atoms with Gasteiger partial charge in [-0.3, -0.25) is 10.1 Å². The molecule has 0 unspecified atom stereocenters. The van der Waals surface area contributed by atoms with E-state index >= 15 is 0 Å². The van der Waals surface area contributed by atoms with E-state index < -0.39 is 0 Å². The fraction of sp³-hybridized carbons (Fsp3) is 0.364. The molecule has 2 aromatic rings. The van der Waals surface area contributed by atoms with Crippen LogP contribution in [0.3, 0.4) is 0 Å². The third kappa shape index (κ3) is 5.71. The van der Waals surface area contributed by atoms with Gasteiger partial charge in [-0.2, -0.15) is 0 Å². The Hall–Kier alpha value is -3.06. The molecule has 0 aliphatic carbocycles. The predicted molar refractivity (Wildman–Crippen MR) is 113 cm³/mol. The SMILES string of the molecule is COc1ccc(NC(=NC[C@H]2CCCO2)NC(=O)c2ccc(C)cc2)cc1OC. The van der Waals surface area contributed by atoms with Crippen LogP contribution in [-0.4, -0.2) is 45.3 Å². The van der Waals surface area contributed by atoms with E-state index in [2.05, 4.69) is 15.6 Å². The molecular weight excluding hydrogens is 370 g/mol. The van der Waals surface area contributed by atoms with E-state index in [1.165, 1.54) is 0 Å². The Balaban J connectivity index is 1.77. The van der Waals surface area contributed by atoms with Crippen LogP contribution in [0.5, 0.6) is 11.5 Å². The van der Waals surface area contributed by atoms with E-state index in [4.69, 9.17) is 14.2 Å². The second-order valence-electron chi connectivity index (χ2n) is 6.84. The van der Waals surface area contributed by atoms with E-state index in [0.29, 0.717) is 29.6 Å². The number of ether oxygens (including phenoxy) is 3. The molecule has 3 rings (SSSR count). The maximum atomic E-state index is 12.7. The highest BCUT2D eigenvalue weighted by Gasteiger charge is 2.16. The van der Waals surface area contributed by atoms with Crippen LogP contribution in [0.25, 0.3) is 0 Å². The number of hydrogen-bond donors (Lipinski definition) is 2. The van der Waals surface area contributed by atoms with E-state index in [0.717, 1.165) is 30.7 Å². The van der Waals surface area contributed by atoms with Gasteiger partial charge in [-0.05, 0) is 44.0 Å². The maximum Gasteiger partial charge on any atom is 0.257 e. The van der Waals surface area contributed by atoms with Gasteiger partial charge in [0, 0.05) is 23.9 Å². The summed E-state index contributed by atoms with van der Waals surface area (Å²) in [4.78, 5) is 17.2. The Morgan fingerprint density at radius 1 is 1.14 bits per heavy atom. The highest BCUT2D eigenvalue weighted by atomic mass is 16.5. The van der Waals surface area contributed by atoms with Crippen molar-refractivity contribution >= 4 is 17.6 Å². The maximum absolute atomic E-state index is 12.7. The van der Waals surface area contributed by atoms with Crippen LogP contribution in [0.15, 0.2) is 47.5 Å². The number of benzene rings is 2. The minimum Gasteiger partial charge on any atom is -0.493 e. The lowest BCUT2D eigenvalue weighted by molar-refractivity contribution is 0.0975. The molecule has 1 heterocycles. The molecule has 7 heteroatoms.